The van der Waals surface area contributed by atoms with E-state index >= 15 is 0 Å². The molecule has 0 aliphatic carbocycles. The van der Waals surface area contributed by atoms with Crippen molar-refractivity contribution in [3.05, 3.63) is 65.4 Å². The monoisotopic (exact) mass is 420 g/mol. The molecule has 2 atom stereocenters. The largest absolute Gasteiger partial charge is 0.417 e. The standard InChI is InChI=1S/C20H19F3N4O3/c1-12-8-25-17-14(4-6-27(17)10-12)18(29)26-19(5-7-30-11-16(19)28)15-3-2-13(9-24-15)20(21,22)23/h2-4,6,8-10,16,28H,5,7,11H2,1H3,(H,26,29). The van der Waals surface area contributed by atoms with E-state index < -0.39 is 29.3 Å². The van der Waals surface area contributed by atoms with Crippen LogP contribution in [0.3, 0.4) is 0 Å². The summed E-state index contributed by atoms with van der Waals surface area (Å²) in [5, 5.41) is 13.5. The Morgan fingerprint density at radius 2 is 2.10 bits per heavy atom. The fraction of sp³-hybridized carbons (Fsp3) is 0.350. The number of alkyl halides is 3. The number of rotatable bonds is 3. The number of nitrogens with zero attached hydrogens (tertiary/aromatic N) is 3. The van der Waals surface area contributed by atoms with Gasteiger partial charge in [0.25, 0.3) is 5.91 Å². The van der Waals surface area contributed by atoms with E-state index in [0.717, 1.165) is 11.6 Å². The van der Waals surface area contributed by atoms with E-state index in [2.05, 4.69) is 15.3 Å². The summed E-state index contributed by atoms with van der Waals surface area (Å²) >= 11 is 0. The first-order valence-corrected chi connectivity index (χ1v) is 9.26. The summed E-state index contributed by atoms with van der Waals surface area (Å²) in [6, 6.07) is 3.66. The van der Waals surface area contributed by atoms with E-state index in [1.807, 2.05) is 13.1 Å². The molecule has 0 spiro atoms. The van der Waals surface area contributed by atoms with Gasteiger partial charge >= 0.3 is 6.18 Å². The zero-order valence-electron chi connectivity index (χ0n) is 16.0. The topological polar surface area (TPSA) is 88.8 Å². The number of aromatic nitrogens is 3. The molecule has 7 nitrogen and oxygen atoms in total. The van der Waals surface area contributed by atoms with E-state index in [4.69, 9.17) is 4.74 Å². The fourth-order valence-corrected chi connectivity index (χ4v) is 3.61. The van der Waals surface area contributed by atoms with Crippen LogP contribution < -0.4 is 5.32 Å². The van der Waals surface area contributed by atoms with Crippen molar-refractivity contribution in [2.75, 3.05) is 13.2 Å². The molecule has 0 radical (unpaired) electrons. The van der Waals surface area contributed by atoms with Crippen molar-refractivity contribution >= 4 is 11.6 Å². The Hall–Kier alpha value is -2.98. The van der Waals surface area contributed by atoms with Crippen molar-refractivity contribution in [2.45, 2.75) is 31.2 Å². The minimum absolute atomic E-state index is 0.0864. The lowest BCUT2D eigenvalue weighted by atomic mass is 9.83. The zero-order chi connectivity index (χ0) is 21.5. The lowest BCUT2D eigenvalue weighted by molar-refractivity contribution is -0.137. The summed E-state index contributed by atoms with van der Waals surface area (Å²) in [5.41, 5.74) is -0.553. The van der Waals surface area contributed by atoms with Crippen LogP contribution in [0.15, 0.2) is 43.0 Å². The quantitative estimate of drug-likeness (QED) is 0.680. The Labute approximate surface area is 169 Å². The molecule has 4 rings (SSSR count). The van der Waals surface area contributed by atoms with E-state index in [0.29, 0.717) is 11.8 Å². The molecule has 1 aliphatic rings. The fourth-order valence-electron chi connectivity index (χ4n) is 3.61. The molecule has 1 fully saturated rings. The van der Waals surface area contributed by atoms with Gasteiger partial charge in [0.2, 0.25) is 0 Å². The average molecular weight is 420 g/mol. The Morgan fingerprint density at radius 3 is 2.77 bits per heavy atom. The minimum atomic E-state index is -4.54. The molecule has 0 bridgehead atoms. The Balaban J connectivity index is 1.71. The van der Waals surface area contributed by atoms with Crippen LogP contribution in [0, 0.1) is 6.92 Å². The third-order valence-electron chi connectivity index (χ3n) is 5.23. The van der Waals surface area contributed by atoms with Crippen molar-refractivity contribution in [3.8, 4) is 0 Å². The number of nitrogens with one attached hydrogen (secondary N) is 1. The van der Waals surface area contributed by atoms with Gasteiger partial charge in [-0.1, -0.05) is 0 Å². The number of hydrogen-bond acceptors (Lipinski definition) is 5. The van der Waals surface area contributed by atoms with E-state index in [1.54, 1.807) is 22.9 Å². The van der Waals surface area contributed by atoms with Crippen LogP contribution in [0.4, 0.5) is 13.2 Å². The summed E-state index contributed by atoms with van der Waals surface area (Å²) in [4.78, 5) is 21.3. The van der Waals surface area contributed by atoms with Crippen LogP contribution in [-0.4, -0.2) is 44.7 Å². The van der Waals surface area contributed by atoms with Crippen LogP contribution in [0.1, 0.15) is 33.6 Å². The Kier molecular flexibility index (Phi) is 4.99. The third kappa shape index (κ3) is 3.52. The molecule has 158 valence electrons. The van der Waals surface area contributed by atoms with Crippen molar-refractivity contribution < 1.29 is 27.8 Å². The number of fused-ring (bicyclic) bond motifs is 1. The highest BCUT2D eigenvalue weighted by Crippen LogP contribution is 2.34. The molecule has 10 heteroatoms. The van der Waals surface area contributed by atoms with Gasteiger partial charge in [-0.25, -0.2) is 4.98 Å². The summed E-state index contributed by atoms with van der Waals surface area (Å²) in [5.74, 6) is -0.517. The number of aryl methyl sites for hydroxylation is 1. The molecule has 2 unspecified atom stereocenters. The van der Waals surface area contributed by atoms with Crippen LogP contribution in [0.25, 0.3) is 5.65 Å². The van der Waals surface area contributed by atoms with Gasteiger partial charge in [-0.2, -0.15) is 13.2 Å². The number of ether oxygens (including phenoxy) is 1. The number of carbonyl (C=O) groups excluding carboxylic acids is 1. The van der Waals surface area contributed by atoms with Gasteiger partial charge in [-0.3, -0.25) is 9.78 Å². The number of aliphatic hydroxyl groups excluding tert-OH is 1. The Morgan fingerprint density at radius 1 is 1.30 bits per heavy atom. The van der Waals surface area contributed by atoms with Gasteiger partial charge in [-0.15, -0.1) is 0 Å². The molecule has 4 heterocycles. The summed E-state index contributed by atoms with van der Waals surface area (Å²) in [7, 11) is 0. The summed E-state index contributed by atoms with van der Waals surface area (Å²) in [6.07, 6.45) is 0.251. The molecule has 2 N–H and O–H groups in total. The van der Waals surface area contributed by atoms with Crippen LogP contribution in [0.5, 0.6) is 0 Å². The van der Waals surface area contributed by atoms with Gasteiger partial charge in [-0.05, 0) is 30.7 Å². The highest BCUT2D eigenvalue weighted by atomic mass is 19.4. The highest BCUT2D eigenvalue weighted by molar-refractivity contribution is 6.00. The van der Waals surface area contributed by atoms with Crippen molar-refractivity contribution in [1.82, 2.24) is 19.7 Å². The molecule has 3 aromatic rings. The first-order valence-electron chi connectivity index (χ1n) is 9.26. The molecule has 1 aliphatic heterocycles. The smallest absolute Gasteiger partial charge is 0.388 e. The number of aliphatic hydroxyl groups is 1. The lowest BCUT2D eigenvalue weighted by Gasteiger charge is -2.41. The molecule has 1 amide bonds. The number of hydrogen-bond donors (Lipinski definition) is 2. The van der Waals surface area contributed by atoms with E-state index in [1.165, 1.54) is 6.07 Å². The van der Waals surface area contributed by atoms with Gasteiger partial charge < -0.3 is 19.6 Å². The van der Waals surface area contributed by atoms with Crippen molar-refractivity contribution in [1.29, 1.82) is 0 Å². The number of amides is 1. The van der Waals surface area contributed by atoms with E-state index in [9.17, 15) is 23.1 Å². The third-order valence-corrected chi connectivity index (χ3v) is 5.23. The first-order chi connectivity index (χ1) is 14.2. The van der Waals surface area contributed by atoms with Crippen LogP contribution in [-0.2, 0) is 16.5 Å². The second kappa shape index (κ2) is 7.37. The van der Waals surface area contributed by atoms with Gasteiger partial charge in [0, 0.05) is 37.8 Å². The van der Waals surface area contributed by atoms with Crippen LogP contribution in [0.2, 0.25) is 0 Å². The van der Waals surface area contributed by atoms with Crippen molar-refractivity contribution in [2.24, 2.45) is 0 Å². The van der Waals surface area contributed by atoms with Crippen molar-refractivity contribution in [3.63, 3.8) is 0 Å². The Bertz CT molecular complexity index is 1080. The molecule has 1 saturated heterocycles. The lowest BCUT2D eigenvalue weighted by Crippen LogP contribution is -2.58. The molecular formula is C20H19F3N4O3. The molecule has 0 saturated carbocycles. The van der Waals surface area contributed by atoms with Gasteiger partial charge in [0.15, 0.2) is 0 Å². The summed E-state index contributed by atoms with van der Waals surface area (Å²) < 4.78 is 45.7. The highest BCUT2D eigenvalue weighted by Gasteiger charge is 2.45. The van der Waals surface area contributed by atoms with Crippen LogP contribution >= 0.6 is 0 Å². The van der Waals surface area contributed by atoms with E-state index in [-0.39, 0.29) is 30.9 Å². The maximum atomic E-state index is 13.1. The molecule has 3 aromatic heterocycles. The summed E-state index contributed by atoms with van der Waals surface area (Å²) in [6.45, 7) is 1.99. The first kappa shape index (κ1) is 20.3. The SMILES string of the molecule is Cc1cnc2c(C(=O)NC3(c4ccc(C(F)(F)F)cn4)CCOCC3O)ccn2c1. The number of halogens is 3. The maximum Gasteiger partial charge on any atom is 0.417 e. The maximum absolute atomic E-state index is 13.1. The second-order valence-corrected chi connectivity index (χ2v) is 7.29. The predicted octanol–water partition coefficient (Wildman–Crippen LogP) is 2.46. The number of pyridine rings is 1. The van der Waals surface area contributed by atoms with Gasteiger partial charge in [0.1, 0.15) is 17.3 Å². The van der Waals surface area contributed by atoms with Gasteiger partial charge in [0.05, 0.1) is 23.4 Å². The normalized spacial score (nSPS) is 22.2. The number of carbonyl (C=O) groups is 1. The second-order valence-electron chi connectivity index (χ2n) is 7.29. The molecular weight excluding hydrogens is 401 g/mol. The zero-order valence-corrected chi connectivity index (χ0v) is 16.0. The average Bonchev–Trinajstić information content (AvgIpc) is 3.12. The molecule has 0 aromatic carbocycles. The predicted molar refractivity (Wildman–Crippen MR) is 99.8 cm³/mol. The minimum Gasteiger partial charge on any atom is -0.388 e. The molecule has 30 heavy (non-hydrogen) atoms.